The molecule has 0 radical (unpaired) electrons. The van der Waals surface area contributed by atoms with Crippen LogP contribution in [0.3, 0.4) is 0 Å². The van der Waals surface area contributed by atoms with Gasteiger partial charge >= 0.3 is 16.4 Å². The Hall–Kier alpha value is -0.920. The van der Waals surface area contributed by atoms with E-state index < -0.39 is 16.4 Å². The van der Waals surface area contributed by atoms with Crippen LogP contribution in [0.5, 0.6) is 0 Å². The van der Waals surface area contributed by atoms with Gasteiger partial charge in [0.05, 0.1) is 6.61 Å². The van der Waals surface area contributed by atoms with Gasteiger partial charge in [0.25, 0.3) is 0 Å². The zero-order valence-electron chi connectivity index (χ0n) is 6.35. The number of carbonyl (C=O) groups is 1. The van der Waals surface area contributed by atoms with Crippen molar-refractivity contribution in [3.8, 4) is 0 Å². The molecule has 0 aliphatic heterocycles. The molecule has 0 spiro atoms. The predicted molar refractivity (Wildman–Crippen MR) is 37.9 cm³/mol. The number of hydrogen-bond donors (Lipinski definition) is 0. The average molecular weight is 196 g/mol. The van der Waals surface area contributed by atoms with E-state index >= 15 is 0 Å². The molecular weight excluding hydrogens is 188 g/mol. The van der Waals surface area contributed by atoms with Gasteiger partial charge < -0.3 is 0 Å². The average Bonchev–Trinajstić information content (AvgIpc) is 2.00. The van der Waals surface area contributed by atoms with Crippen molar-refractivity contribution < 1.29 is 26.6 Å². The fourth-order valence-corrected chi connectivity index (χ4v) is 0.752. The van der Waals surface area contributed by atoms with Gasteiger partial charge in [0, 0.05) is 6.08 Å². The first-order valence-corrected chi connectivity index (χ1v) is 4.27. The summed E-state index contributed by atoms with van der Waals surface area (Å²) in [6.45, 7) is 4.35. The summed E-state index contributed by atoms with van der Waals surface area (Å²) in [6.07, 6.45) is 0.751. The van der Waals surface area contributed by atoms with Crippen molar-refractivity contribution in [1.82, 2.24) is 0 Å². The van der Waals surface area contributed by atoms with E-state index in [0.717, 1.165) is 6.08 Å². The van der Waals surface area contributed by atoms with Crippen molar-refractivity contribution in [2.75, 3.05) is 6.61 Å². The SMILES string of the molecule is C=CC(=O)OOS(=O)(=O)OCC. The molecule has 0 saturated heterocycles. The minimum Gasteiger partial charge on any atom is -0.275 e. The molecule has 0 saturated carbocycles. The van der Waals surface area contributed by atoms with Gasteiger partial charge in [-0.15, -0.1) is 0 Å². The van der Waals surface area contributed by atoms with E-state index in [9.17, 15) is 13.2 Å². The molecule has 0 amide bonds. The van der Waals surface area contributed by atoms with Gasteiger partial charge in [0.15, 0.2) is 0 Å². The van der Waals surface area contributed by atoms with Gasteiger partial charge in [-0.25, -0.2) is 8.98 Å². The monoisotopic (exact) mass is 196 g/mol. The molecule has 0 aromatic carbocycles. The van der Waals surface area contributed by atoms with Crippen molar-refractivity contribution in [2.24, 2.45) is 0 Å². The molecule has 0 heterocycles. The van der Waals surface area contributed by atoms with E-state index in [2.05, 4.69) is 20.0 Å². The van der Waals surface area contributed by atoms with Crippen LogP contribution in [0.15, 0.2) is 12.7 Å². The van der Waals surface area contributed by atoms with Crippen LogP contribution in [-0.4, -0.2) is 21.0 Å². The zero-order chi connectivity index (χ0) is 9.61. The first-order chi connectivity index (χ1) is 5.52. The van der Waals surface area contributed by atoms with Crippen molar-refractivity contribution in [3.63, 3.8) is 0 Å². The fraction of sp³-hybridized carbons (Fsp3) is 0.400. The lowest BCUT2D eigenvalue weighted by atomic mass is 10.7. The third-order valence-corrected chi connectivity index (χ3v) is 1.39. The van der Waals surface area contributed by atoms with Crippen LogP contribution in [-0.2, 0) is 28.6 Å². The van der Waals surface area contributed by atoms with Crippen LogP contribution in [0.4, 0.5) is 0 Å². The molecule has 0 bridgehead atoms. The molecule has 0 N–H and O–H groups in total. The highest BCUT2D eigenvalue weighted by atomic mass is 32.3. The highest BCUT2D eigenvalue weighted by molar-refractivity contribution is 7.81. The van der Waals surface area contributed by atoms with Crippen LogP contribution < -0.4 is 0 Å². The molecule has 0 unspecified atom stereocenters. The summed E-state index contributed by atoms with van der Waals surface area (Å²) in [5.41, 5.74) is 0. The lowest BCUT2D eigenvalue weighted by Gasteiger charge is -1.99. The van der Waals surface area contributed by atoms with Gasteiger partial charge in [0.1, 0.15) is 0 Å². The Balaban J connectivity index is 3.92. The van der Waals surface area contributed by atoms with Crippen molar-refractivity contribution in [1.29, 1.82) is 0 Å². The Kier molecular flexibility index (Phi) is 4.49. The minimum absolute atomic E-state index is 0.103. The minimum atomic E-state index is -4.23. The maximum atomic E-state index is 10.5. The van der Waals surface area contributed by atoms with Crippen molar-refractivity contribution in [3.05, 3.63) is 12.7 Å². The molecule has 0 atom stereocenters. The van der Waals surface area contributed by atoms with Gasteiger partial charge in [-0.1, -0.05) is 6.58 Å². The van der Waals surface area contributed by atoms with Crippen LogP contribution in [0.1, 0.15) is 6.92 Å². The Morgan fingerprint density at radius 3 is 2.58 bits per heavy atom. The van der Waals surface area contributed by atoms with E-state index in [-0.39, 0.29) is 6.61 Å². The molecule has 70 valence electrons. The van der Waals surface area contributed by atoms with E-state index in [1.807, 2.05) is 0 Å². The van der Waals surface area contributed by atoms with Crippen LogP contribution >= 0.6 is 0 Å². The van der Waals surface area contributed by atoms with Crippen LogP contribution in [0.2, 0.25) is 0 Å². The second kappa shape index (κ2) is 4.86. The summed E-state index contributed by atoms with van der Waals surface area (Å²) >= 11 is 0. The van der Waals surface area contributed by atoms with E-state index in [0.29, 0.717) is 0 Å². The summed E-state index contributed by atoms with van der Waals surface area (Å²) < 4.78 is 28.7. The van der Waals surface area contributed by atoms with Gasteiger partial charge in [-0.05, 0) is 11.3 Å². The van der Waals surface area contributed by atoms with Gasteiger partial charge in [0.2, 0.25) is 0 Å². The summed E-state index contributed by atoms with van der Waals surface area (Å²) in [4.78, 5) is 14.0. The standard InChI is InChI=1S/C5H8O6S/c1-3-5(6)10-11-12(7,8)9-4-2/h3H,1,4H2,2H3. The fourth-order valence-electron chi connectivity index (χ4n) is 0.273. The predicted octanol–water partition coefficient (Wildman–Crippen LogP) is -0.0715. The molecular formula is C5H8O6S. The second-order valence-corrected chi connectivity index (χ2v) is 2.68. The Morgan fingerprint density at radius 2 is 2.17 bits per heavy atom. The smallest absolute Gasteiger partial charge is 0.275 e. The Labute approximate surface area is 70.0 Å². The quantitative estimate of drug-likeness (QED) is 0.348. The molecule has 6 nitrogen and oxygen atoms in total. The molecule has 0 aliphatic carbocycles. The van der Waals surface area contributed by atoms with E-state index in [4.69, 9.17) is 0 Å². The topological polar surface area (TPSA) is 78.9 Å². The molecule has 12 heavy (non-hydrogen) atoms. The van der Waals surface area contributed by atoms with Crippen LogP contribution in [0, 0.1) is 0 Å². The zero-order valence-corrected chi connectivity index (χ0v) is 7.17. The number of hydrogen-bond acceptors (Lipinski definition) is 6. The van der Waals surface area contributed by atoms with Crippen LogP contribution in [0.25, 0.3) is 0 Å². The summed E-state index contributed by atoms with van der Waals surface area (Å²) in [6, 6.07) is 0. The summed E-state index contributed by atoms with van der Waals surface area (Å²) in [5.74, 6) is -1.02. The maximum absolute atomic E-state index is 10.5. The van der Waals surface area contributed by atoms with Crippen molar-refractivity contribution in [2.45, 2.75) is 6.92 Å². The van der Waals surface area contributed by atoms with Gasteiger partial charge in [-0.3, -0.25) is 4.89 Å². The molecule has 0 aromatic heterocycles. The van der Waals surface area contributed by atoms with E-state index in [1.165, 1.54) is 6.92 Å². The molecule has 7 heteroatoms. The number of rotatable bonds is 5. The summed E-state index contributed by atoms with van der Waals surface area (Å²) in [5, 5.41) is 0. The Morgan fingerprint density at radius 1 is 1.58 bits per heavy atom. The Bertz CT molecular complexity index is 253. The molecule has 0 rings (SSSR count). The van der Waals surface area contributed by atoms with Crippen molar-refractivity contribution >= 4 is 16.4 Å². The normalized spacial score (nSPS) is 10.8. The second-order valence-electron chi connectivity index (χ2n) is 1.49. The third-order valence-electron chi connectivity index (χ3n) is 0.628. The maximum Gasteiger partial charge on any atom is 0.435 e. The summed E-state index contributed by atoms with van der Waals surface area (Å²) in [7, 11) is -4.23. The molecule has 0 fully saturated rings. The third kappa shape index (κ3) is 4.83. The molecule has 0 aliphatic rings. The largest absolute Gasteiger partial charge is 0.435 e. The highest BCUT2D eigenvalue weighted by Gasteiger charge is 2.13. The number of carbonyl (C=O) groups excluding carboxylic acids is 1. The first-order valence-electron chi connectivity index (χ1n) is 2.93. The first kappa shape index (κ1) is 11.1. The molecule has 0 aromatic rings. The lowest BCUT2D eigenvalue weighted by molar-refractivity contribution is -0.208. The highest BCUT2D eigenvalue weighted by Crippen LogP contribution is 1.96. The lowest BCUT2D eigenvalue weighted by Crippen LogP contribution is -2.12. The van der Waals surface area contributed by atoms with Gasteiger partial charge in [-0.2, -0.15) is 8.42 Å². The van der Waals surface area contributed by atoms with E-state index in [1.54, 1.807) is 0 Å².